The molecule has 0 bridgehead atoms. The number of carboxylic acids is 1. The lowest BCUT2D eigenvalue weighted by Crippen LogP contribution is -2.35. The lowest BCUT2D eigenvalue weighted by molar-refractivity contribution is -0.142. The van der Waals surface area contributed by atoms with Crippen LogP contribution in [0.4, 0.5) is 0 Å². The molecule has 1 aliphatic rings. The van der Waals surface area contributed by atoms with Crippen LogP contribution in [0.5, 0.6) is 0 Å². The summed E-state index contributed by atoms with van der Waals surface area (Å²) in [6.07, 6.45) is 2.93. The fourth-order valence-electron chi connectivity index (χ4n) is 2.04. The number of amides is 1. The molecule has 0 aromatic rings. The van der Waals surface area contributed by atoms with Crippen molar-refractivity contribution >= 4 is 11.9 Å². The van der Waals surface area contributed by atoms with Gasteiger partial charge in [-0.3, -0.25) is 9.59 Å². The number of carbonyl (C=O) groups is 2. The van der Waals surface area contributed by atoms with Crippen LogP contribution in [0, 0.1) is 5.92 Å². The van der Waals surface area contributed by atoms with Crippen LogP contribution in [0.15, 0.2) is 0 Å². The average Bonchev–Trinajstić information content (AvgIpc) is 2.78. The van der Waals surface area contributed by atoms with Crippen molar-refractivity contribution in [3.05, 3.63) is 0 Å². The number of hydrogen-bond acceptors (Lipinski definition) is 3. The van der Waals surface area contributed by atoms with Crippen molar-refractivity contribution in [1.82, 2.24) is 9.80 Å². The first-order valence-electron chi connectivity index (χ1n) is 6.20. The predicted octanol–water partition coefficient (Wildman–Crippen LogP) is 0.651. The molecule has 1 N–H and O–H groups in total. The first-order valence-corrected chi connectivity index (χ1v) is 6.20. The molecule has 0 saturated carbocycles. The van der Waals surface area contributed by atoms with Gasteiger partial charge in [-0.15, -0.1) is 0 Å². The van der Waals surface area contributed by atoms with Gasteiger partial charge < -0.3 is 14.9 Å². The van der Waals surface area contributed by atoms with Crippen molar-refractivity contribution in [2.75, 3.05) is 33.2 Å². The van der Waals surface area contributed by atoms with Gasteiger partial charge in [-0.05, 0) is 25.9 Å². The van der Waals surface area contributed by atoms with Crippen molar-refractivity contribution in [2.24, 2.45) is 5.92 Å². The van der Waals surface area contributed by atoms with E-state index in [0.29, 0.717) is 6.42 Å². The second-order valence-corrected chi connectivity index (χ2v) is 4.81. The number of likely N-dealkylation sites (tertiary alicyclic amines) is 1. The Balaban J connectivity index is 2.23. The van der Waals surface area contributed by atoms with E-state index in [1.54, 1.807) is 14.0 Å². The third kappa shape index (κ3) is 4.73. The van der Waals surface area contributed by atoms with Crippen LogP contribution in [0.1, 0.15) is 26.2 Å². The highest BCUT2D eigenvalue weighted by Crippen LogP contribution is 2.08. The second kappa shape index (κ2) is 6.59. The van der Waals surface area contributed by atoms with E-state index in [2.05, 4.69) is 4.90 Å². The number of aliphatic carboxylic acids is 1. The Bertz CT molecular complexity index is 275. The van der Waals surface area contributed by atoms with E-state index < -0.39 is 11.9 Å². The zero-order valence-corrected chi connectivity index (χ0v) is 10.7. The molecular formula is C12H22N2O3. The van der Waals surface area contributed by atoms with E-state index in [4.69, 9.17) is 5.11 Å². The number of rotatable bonds is 6. The van der Waals surface area contributed by atoms with Gasteiger partial charge in [0.1, 0.15) is 0 Å². The van der Waals surface area contributed by atoms with Crippen LogP contribution >= 0.6 is 0 Å². The highest BCUT2D eigenvalue weighted by atomic mass is 16.4. The zero-order valence-electron chi connectivity index (χ0n) is 10.7. The number of hydrogen-bond donors (Lipinski definition) is 1. The summed E-state index contributed by atoms with van der Waals surface area (Å²) in [5.74, 6) is -1.33. The van der Waals surface area contributed by atoms with E-state index in [-0.39, 0.29) is 12.5 Å². The standard InChI is InChI=1S/C12H22N2O3/c1-10(12(16)17)9-13(2)11(15)5-8-14-6-3-4-7-14/h10H,3-9H2,1-2H3,(H,16,17). The van der Waals surface area contributed by atoms with E-state index in [1.165, 1.54) is 17.7 Å². The highest BCUT2D eigenvalue weighted by molar-refractivity contribution is 5.77. The molecule has 5 heteroatoms. The van der Waals surface area contributed by atoms with Gasteiger partial charge in [0.15, 0.2) is 0 Å². The summed E-state index contributed by atoms with van der Waals surface area (Å²) >= 11 is 0. The van der Waals surface area contributed by atoms with Crippen molar-refractivity contribution < 1.29 is 14.7 Å². The average molecular weight is 242 g/mol. The van der Waals surface area contributed by atoms with Crippen LogP contribution in [-0.2, 0) is 9.59 Å². The number of nitrogens with zero attached hydrogens (tertiary/aromatic N) is 2. The summed E-state index contributed by atoms with van der Waals surface area (Å²) < 4.78 is 0. The monoisotopic (exact) mass is 242 g/mol. The van der Waals surface area contributed by atoms with Crippen LogP contribution < -0.4 is 0 Å². The van der Waals surface area contributed by atoms with Crippen LogP contribution in [0.25, 0.3) is 0 Å². The molecule has 17 heavy (non-hydrogen) atoms. The molecule has 0 spiro atoms. The summed E-state index contributed by atoms with van der Waals surface area (Å²) in [6, 6.07) is 0. The van der Waals surface area contributed by atoms with Crippen molar-refractivity contribution in [3.8, 4) is 0 Å². The Labute approximate surface area is 102 Å². The maximum atomic E-state index is 11.8. The molecule has 1 rings (SSSR count). The molecule has 1 atom stereocenters. The molecule has 1 aliphatic heterocycles. The minimum Gasteiger partial charge on any atom is -0.481 e. The summed E-state index contributed by atoms with van der Waals surface area (Å²) in [6.45, 7) is 4.87. The van der Waals surface area contributed by atoms with Crippen molar-refractivity contribution in [2.45, 2.75) is 26.2 Å². The third-order valence-electron chi connectivity index (χ3n) is 3.24. The van der Waals surface area contributed by atoms with Gasteiger partial charge in [0.25, 0.3) is 0 Å². The molecular weight excluding hydrogens is 220 g/mol. The first kappa shape index (κ1) is 14.0. The first-order chi connectivity index (χ1) is 8.00. The molecule has 1 unspecified atom stereocenters. The molecule has 5 nitrogen and oxygen atoms in total. The van der Waals surface area contributed by atoms with Crippen LogP contribution in [0.2, 0.25) is 0 Å². The van der Waals surface area contributed by atoms with Gasteiger partial charge in [-0.25, -0.2) is 0 Å². The molecule has 0 radical (unpaired) electrons. The SMILES string of the molecule is CC(CN(C)C(=O)CCN1CCCC1)C(=O)O. The molecule has 0 aromatic heterocycles. The Hall–Kier alpha value is -1.10. The molecule has 1 heterocycles. The number of carboxylic acid groups (broad SMARTS) is 1. The van der Waals surface area contributed by atoms with E-state index in [1.807, 2.05) is 0 Å². The topological polar surface area (TPSA) is 60.9 Å². The normalized spacial score (nSPS) is 18.0. The quantitative estimate of drug-likeness (QED) is 0.743. The number of carbonyl (C=O) groups excluding carboxylic acids is 1. The molecule has 1 fully saturated rings. The van der Waals surface area contributed by atoms with Crippen molar-refractivity contribution in [1.29, 1.82) is 0 Å². The smallest absolute Gasteiger partial charge is 0.308 e. The second-order valence-electron chi connectivity index (χ2n) is 4.81. The fourth-order valence-corrected chi connectivity index (χ4v) is 2.04. The molecule has 1 amide bonds. The molecule has 98 valence electrons. The van der Waals surface area contributed by atoms with Gasteiger partial charge in [0.2, 0.25) is 5.91 Å². The van der Waals surface area contributed by atoms with E-state index in [0.717, 1.165) is 19.6 Å². The molecule has 1 saturated heterocycles. The maximum absolute atomic E-state index is 11.8. The summed E-state index contributed by atoms with van der Waals surface area (Å²) in [5, 5.41) is 8.77. The molecule has 0 aliphatic carbocycles. The van der Waals surface area contributed by atoms with Crippen molar-refractivity contribution in [3.63, 3.8) is 0 Å². The van der Waals surface area contributed by atoms with Gasteiger partial charge >= 0.3 is 5.97 Å². The third-order valence-corrected chi connectivity index (χ3v) is 3.24. The summed E-state index contributed by atoms with van der Waals surface area (Å²) in [7, 11) is 1.67. The van der Waals surface area contributed by atoms with Crippen LogP contribution in [0.3, 0.4) is 0 Å². The maximum Gasteiger partial charge on any atom is 0.308 e. The summed E-state index contributed by atoms with van der Waals surface area (Å²) in [4.78, 5) is 26.2. The van der Waals surface area contributed by atoms with E-state index in [9.17, 15) is 9.59 Å². The van der Waals surface area contributed by atoms with Gasteiger partial charge in [-0.1, -0.05) is 6.92 Å². The minimum absolute atomic E-state index is 0.0324. The predicted molar refractivity (Wildman–Crippen MR) is 64.7 cm³/mol. The van der Waals surface area contributed by atoms with Crippen LogP contribution in [-0.4, -0.2) is 60.0 Å². The minimum atomic E-state index is -0.857. The Morgan fingerprint density at radius 3 is 2.47 bits per heavy atom. The Kier molecular flexibility index (Phi) is 5.41. The largest absolute Gasteiger partial charge is 0.481 e. The lowest BCUT2D eigenvalue weighted by Gasteiger charge is -2.21. The summed E-state index contributed by atoms with van der Waals surface area (Å²) in [5.41, 5.74) is 0. The lowest BCUT2D eigenvalue weighted by atomic mass is 10.1. The van der Waals surface area contributed by atoms with Gasteiger partial charge in [0, 0.05) is 26.6 Å². The Morgan fingerprint density at radius 1 is 1.35 bits per heavy atom. The Morgan fingerprint density at radius 2 is 1.94 bits per heavy atom. The van der Waals surface area contributed by atoms with Gasteiger partial charge in [-0.2, -0.15) is 0 Å². The molecule has 0 aromatic carbocycles. The fraction of sp³-hybridized carbons (Fsp3) is 0.833. The zero-order chi connectivity index (χ0) is 12.8. The highest BCUT2D eigenvalue weighted by Gasteiger charge is 2.18. The van der Waals surface area contributed by atoms with E-state index >= 15 is 0 Å². The van der Waals surface area contributed by atoms with Gasteiger partial charge in [0.05, 0.1) is 5.92 Å².